The van der Waals surface area contributed by atoms with Crippen LogP contribution in [0.3, 0.4) is 0 Å². The molecule has 0 fully saturated rings. The summed E-state index contributed by atoms with van der Waals surface area (Å²) in [7, 11) is 3.49. The molecular formula is C12H20ClN5O. The molecule has 106 valence electrons. The lowest BCUT2D eigenvalue weighted by molar-refractivity contribution is 0.393. The van der Waals surface area contributed by atoms with Crippen LogP contribution in [0.5, 0.6) is 5.88 Å². The second-order valence-corrected chi connectivity index (χ2v) is 4.17. The number of nitrogens with one attached hydrogen (secondary N) is 1. The van der Waals surface area contributed by atoms with E-state index in [1.54, 1.807) is 11.8 Å². The van der Waals surface area contributed by atoms with Crippen LogP contribution < -0.4 is 10.1 Å². The van der Waals surface area contributed by atoms with E-state index in [1.807, 2.05) is 24.9 Å². The summed E-state index contributed by atoms with van der Waals surface area (Å²) in [5.74, 6) is 0.609. The zero-order chi connectivity index (χ0) is 13.1. The van der Waals surface area contributed by atoms with Crippen molar-refractivity contribution >= 4 is 18.1 Å². The average molecular weight is 286 g/mol. The van der Waals surface area contributed by atoms with Gasteiger partial charge >= 0.3 is 0 Å². The Morgan fingerprint density at radius 3 is 2.63 bits per heavy atom. The minimum absolute atomic E-state index is 0. The Balaban J connectivity index is 0.00000180. The fourth-order valence-electron chi connectivity index (χ4n) is 1.83. The van der Waals surface area contributed by atoms with E-state index in [4.69, 9.17) is 4.74 Å². The number of aromatic nitrogens is 4. The molecule has 6 nitrogen and oxygen atoms in total. The van der Waals surface area contributed by atoms with E-state index in [1.165, 1.54) is 5.56 Å². The Morgan fingerprint density at radius 1 is 1.32 bits per heavy atom. The lowest BCUT2D eigenvalue weighted by atomic mass is 10.2. The number of hydrogen-bond acceptors (Lipinski definition) is 4. The van der Waals surface area contributed by atoms with Crippen molar-refractivity contribution in [3.8, 4) is 5.88 Å². The van der Waals surface area contributed by atoms with Gasteiger partial charge in [-0.25, -0.2) is 0 Å². The predicted molar refractivity (Wildman–Crippen MR) is 77.0 cm³/mol. The Labute approximate surface area is 119 Å². The first-order chi connectivity index (χ1) is 8.63. The third-order valence-corrected chi connectivity index (χ3v) is 2.83. The molecule has 0 aromatic carbocycles. The van der Waals surface area contributed by atoms with Crippen LogP contribution in [0.15, 0.2) is 12.4 Å². The molecule has 0 aliphatic rings. The van der Waals surface area contributed by atoms with E-state index < -0.39 is 0 Å². The molecule has 0 saturated carbocycles. The van der Waals surface area contributed by atoms with Gasteiger partial charge in [-0.1, -0.05) is 0 Å². The zero-order valence-electron chi connectivity index (χ0n) is 11.7. The van der Waals surface area contributed by atoms with E-state index in [9.17, 15) is 0 Å². The average Bonchev–Trinajstić information content (AvgIpc) is 2.89. The highest BCUT2D eigenvalue weighted by Gasteiger charge is 2.09. The third-order valence-electron chi connectivity index (χ3n) is 2.83. The summed E-state index contributed by atoms with van der Waals surface area (Å²) in [5.41, 5.74) is 3.12. The van der Waals surface area contributed by atoms with Crippen LogP contribution in [-0.2, 0) is 20.1 Å². The monoisotopic (exact) mass is 285 g/mol. The molecule has 0 saturated heterocycles. The highest BCUT2D eigenvalue weighted by atomic mass is 35.5. The summed E-state index contributed by atoms with van der Waals surface area (Å²) < 4.78 is 8.86. The second-order valence-electron chi connectivity index (χ2n) is 4.17. The molecule has 19 heavy (non-hydrogen) atoms. The number of anilines is 1. The number of aryl methyl sites for hydroxylation is 3. The van der Waals surface area contributed by atoms with Crippen molar-refractivity contribution in [2.75, 3.05) is 12.4 Å². The maximum atomic E-state index is 5.20. The van der Waals surface area contributed by atoms with E-state index >= 15 is 0 Å². The molecule has 2 rings (SSSR count). The maximum Gasteiger partial charge on any atom is 0.256 e. The molecule has 2 aromatic heterocycles. The molecule has 0 bridgehead atoms. The van der Waals surface area contributed by atoms with Crippen LogP contribution in [0.2, 0.25) is 0 Å². The van der Waals surface area contributed by atoms with Gasteiger partial charge in [-0.05, 0) is 13.8 Å². The predicted octanol–water partition coefficient (Wildman–Crippen LogP) is 1.99. The van der Waals surface area contributed by atoms with Gasteiger partial charge in [-0.15, -0.1) is 17.5 Å². The molecule has 0 aliphatic heterocycles. The maximum absolute atomic E-state index is 5.20. The fourth-order valence-corrected chi connectivity index (χ4v) is 1.83. The number of nitrogens with zero attached hydrogens (tertiary/aromatic N) is 4. The molecule has 0 aliphatic carbocycles. The van der Waals surface area contributed by atoms with Crippen LogP contribution in [0.25, 0.3) is 0 Å². The largest absolute Gasteiger partial charge is 0.478 e. The second kappa shape index (κ2) is 6.47. The van der Waals surface area contributed by atoms with Gasteiger partial charge in [0.05, 0.1) is 19.0 Å². The van der Waals surface area contributed by atoms with Crippen molar-refractivity contribution in [3.63, 3.8) is 0 Å². The summed E-state index contributed by atoms with van der Waals surface area (Å²) in [6, 6.07) is 0. The lowest BCUT2D eigenvalue weighted by Crippen LogP contribution is -2.00. The van der Waals surface area contributed by atoms with Crippen molar-refractivity contribution in [2.45, 2.75) is 26.9 Å². The minimum atomic E-state index is 0. The third kappa shape index (κ3) is 3.41. The quantitative estimate of drug-likeness (QED) is 0.913. The van der Waals surface area contributed by atoms with Gasteiger partial charge in [0.2, 0.25) is 0 Å². The highest BCUT2D eigenvalue weighted by Crippen LogP contribution is 2.22. The molecule has 0 spiro atoms. The van der Waals surface area contributed by atoms with Gasteiger partial charge in [0.25, 0.3) is 5.88 Å². The van der Waals surface area contributed by atoms with Crippen LogP contribution >= 0.6 is 12.4 Å². The molecule has 0 amide bonds. The van der Waals surface area contributed by atoms with Gasteiger partial charge in [0, 0.05) is 31.9 Å². The smallest absolute Gasteiger partial charge is 0.256 e. The lowest BCUT2D eigenvalue weighted by Gasteiger charge is -2.04. The summed E-state index contributed by atoms with van der Waals surface area (Å²) in [6.07, 6.45) is 3.96. The van der Waals surface area contributed by atoms with Gasteiger partial charge in [-0.2, -0.15) is 5.10 Å². The van der Waals surface area contributed by atoms with E-state index in [-0.39, 0.29) is 12.4 Å². The minimum Gasteiger partial charge on any atom is -0.478 e. The fraction of sp³-hybridized carbons (Fsp3) is 0.500. The van der Waals surface area contributed by atoms with Crippen molar-refractivity contribution in [2.24, 2.45) is 7.05 Å². The highest BCUT2D eigenvalue weighted by molar-refractivity contribution is 5.85. The summed E-state index contributed by atoms with van der Waals surface area (Å²) >= 11 is 0. The van der Waals surface area contributed by atoms with Crippen LogP contribution in [0.4, 0.5) is 5.69 Å². The number of ether oxygens (including phenoxy) is 1. The van der Waals surface area contributed by atoms with Crippen molar-refractivity contribution in [1.82, 2.24) is 19.6 Å². The molecule has 1 N–H and O–H groups in total. The number of halogens is 1. The SMILES string of the molecule is CCn1cc(CNc2cn(C)nc2OC)c(C)n1.Cl. The Bertz CT molecular complexity index is 534. The Hall–Kier alpha value is -1.69. The number of hydrogen-bond donors (Lipinski definition) is 1. The zero-order valence-corrected chi connectivity index (χ0v) is 12.5. The summed E-state index contributed by atoms with van der Waals surface area (Å²) in [4.78, 5) is 0. The number of methoxy groups -OCH3 is 1. The molecule has 0 atom stereocenters. The van der Waals surface area contributed by atoms with Gasteiger partial charge < -0.3 is 10.1 Å². The molecule has 7 heteroatoms. The number of rotatable bonds is 5. The Morgan fingerprint density at radius 2 is 2.05 bits per heavy atom. The first-order valence-corrected chi connectivity index (χ1v) is 5.98. The first kappa shape index (κ1) is 15.4. The summed E-state index contributed by atoms with van der Waals surface area (Å²) in [5, 5.41) is 11.9. The van der Waals surface area contributed by atoms with Crippen molar-refractivity contribution < 1.29 is 4.74 Å². The van der Waals surface area contributed by atoms with Gasteiger partial charge in [0.15, 0.2) is 0 Å². The molecular weight excluding hydrogens is 266 g/mol. The van der Waals surface area contributed by atoms with Gasteiger partial charge in [-0.3, -0.25) is 9.36 Å². The van der Waals surface area contributed by atoms with Crippen molar-refractivity contribution in [1.29, 1.82) is 0 Å². The normalized spacial score (nSPS) is 10.1. The van der Waals surface area contributed by atoms with Crippen LogP contribution in [0.1, 0.15) is 18.2 Å². The Kier molecular flexibility index (Phi) is 5.23. The van der Waals surface area contributed by atoms with Gasteiger partial charge in [0.1, 0.15) is 5.69 Å². The molecule has 0 unspecified atom stereocenters. The van der Waals surface area contributed by atoms with Crippen LogP contribution in [-0.4, -0.2) is 26.7 Å². The molecule has 2 heterocycles. The standard InChI is InChI=1S/C12H19N5O.ClH/c1-5-17-7-10(9(2)14-17)6-13-11-8-16(3)15-12(11)18-4;/h7-8,13H,5-6H2,1-4H3;1H. The van der Waals surface area contributed by atoms with E-state index in [2.05, 4.69) is 28.6 Å². The topological polar surface area (TPSA) is 56.9 Å². The first-order valence-electron chi connectivity index (χ1n) is 5.98. The molecule has 2 aromatic rings. The van der Waals surface area contributed by atoms with Crippen LogP contribution in [0, 0.1) is 6.92 Å². The summed E-state index contributed by atoms with van der Waals surface area (Å²) in [6.45, 7) is 5.70. The van der Waals surface area contributed by atoms with E-state index in [0.717, 1.165) is 17.9 Å². The van der Waals surface area contributed by atoms with Crippen molar-refractivity contribution in [3.05, 3.63) is 23.7 Å². The van der Waals surface area contributed by atoms with E-state index in [0.29, 0.717) is 12.4 Å². The molecule has 0 radical (unpaired) electrons.